The third-order valence-corrected chi connectivity index (χ3v) is 5.23. The molecule has 0 unspecified atom stereocenters. The smallest absolute Gasteiger partial charge is 0.0230 e. The molecule has 1 heteroatoms. The minimum atomic E-state index is 0.766. The van der Waals surface area contributed by atoms with Gasteiger partial charge in [0.2, 0.25) is 0 Å². The van der Waals surface area contributed by atoms with E-state index in [1.165, 1.54) is 54.4 Å². The van der Waals surface area contributed by atoms with E-state index in [2.05, 4.69) is 60.9 Å². The van der Waals surface area contributed by atoms with E-state index in [4.69, 9.17) is 0 Å². The number of hydrogen-bond donors (Lipinski definition) is 0. The van der Waals surface area contributed by atoms with Crippen molar-refractivity contribution in [3.8, 4) is 0 Å². The van der Waals surface area contributed by atoms with Crippen LogP contribution < -0.4 is 0 Å². The van der Waals surface area contributed by atoms with Crippen molar-refractivity contribution >= 4 is 5.57 Å². The van der Waals surface area contributed by atoms with Crippen molar-refractivity contribution in [1.29, 1.82) is 0 Å². The van der Waals surface area contributed by atoms with Crippen LogP contribution in [0.2, 0.25) is 0 Å². The van der Waals surface area contributed by atoms with Crippen LogP contribution in [0.3, 0.4) is 0 Å². The SMILES string of the molecule is C=C1/C=C\C(c2ccccc2C)=C/CCN(C2CCCCC2)C1. The highest BCUT2D eigenvalue weighted by molar-refractivity contribution is 5.76. The summed E-state index contributed by atoms with van der Waals surface area (Å²) in [6.07, 6.45) is 15.0. The minimum Gasteiger partial charge on any atom is -0.296 e. The van der Waals surface area contributed by atoms with Gasteiger partial charge in [0.05, 0.1) is 0 Å². The van der Waals surface area contributed by atoms with Crippen molar-refractivity contribution in [2.45, 2.75) is 51.5 Å². The lowest BCUT2D eigenvalue weighted by atomic mass is 9.93. The number of nitrogens with zero attached hydrogens (tertiary/aromatic N) is 1. The van der Waals surface area contributed by atoms with Gasteiger partial charge in [-0.25, -0.2) is 0 Å². The van der Waals surface area contributed by atoms with E-state index in [0.29, 0.717) is 0 Å². The van der Waals surface area contributed by atoms with Gasteiger partial charge in [-0.1, -0.05) is 68.3 Å². The van der Waals surface area contributed by atoms with E-state index < -0.39 is 0 Å². The second-order valence-electron chi connectivity index (χ2n) is 7.02. The quantitative estimate of drug-likeness (QED) is 0.694. The molecule has 1 aromatic carbocycles. The van der Waals surface area contributed by atoms with Gasteiger partial charge in [0.25, 0.3) is 0 Å². The van der Waals surface area contributed by atoms with Gasteiger partial charge in [-0.15, -0.1) is 0 Å². The summed E-state index contributed by atoms with van der Waals surface area (Å²) < 4.78 is 0. The van der Waals surface area contributed by atoms with Crippen molar-refractivity contribution < 1.29 is 0 Å². The zero-order valence-corrected chi connectivity index (χ0v) is 14.4. The van der Waals surface area contributed by atoms with Gasteiger partial charge in [0.1, 0.15) is 0 Å². The standard InChI is InChI=1S/C22H29N/c1-18-14-15-20(22-13-7-6-9-19(22)2)10-8-16-23(17-18)21-11-4-3-5-12-21/h6-7,9-10,13-15,21H,1,3-5,8,11-12,16-17H2,2H3/b15-14-,20-10+. The normalized spacial score (nSPS) is 25.1. The molecule has 3 rings (SSSR count). The average Bonchev–Trinajstić information content (AvgIpc) is 2.67. The van der Waals surface area contributed by atoms with Crippen molar-refractivity contribution in [3.05, 3.63) is 65.8 Å². The van der Waals surface area contributed by atoms with Crippen LogP contribution in [0, 0.1) is 6.92 Å². The minimum absolute atomic E-state index is 0.766. The maximum Gasteiger partial charge on any atom is 0.0230 e. The van der Waals surface area contributed by atoms with E-state index in [1.54, 1.807) is 0 Å². The summed E-state index contributed by atoms with van der Waals surface area (Å²) in [5, 5.41) is 0. The Morgan fingerprint density at radius 3 is 2.61 bits per heavy atom. The number of hydrogen-bond acceptors (Lipinski definition) is 1. The molecule has 1 aliphatic carbocycles. The molecule has 0 bridgehead atoms. The third-order valence-electron chi connectivity index (χ3n) is 5.23. The summed E-state index contributed by atoms with van der Waals surface area (Å²) in [6, 6.07) is 9.43. The molecule has 1 saturated carbocycles. The molecule has 1 nitrogen and oxygen atoms in total. The van der Waals surface area contributed by atoms with Gasteiger partial charge in [-0.05, 0) is 48.5 Å². The lowest BCUT2D eigenvalue weighted by Gasteiger charge is -2.34. The maximum atomic E-state index is 4.30. The molecule has 1 aromatic rings. The van der Waals surface area contributed by atoms with Crippen LogP contribution in [-0.2, 0) is 0 Å². The summed E-state index contributed by atoms with van der Waals surface area (Å²) in [4.78, 5) is 2.67. The topological polar surface area (TPSA) is 3.24 Å². The lowest BCUT2D eigenvalue weighted by molar-refractivity contribution is 0.173. The molecule has 0 saturated heterocycles. The Morgan fingerprint density at radius 2 is 1.83 bits per heavy atom. The van der Waals surface area contributed by atoms with Crippen molar-refractivity contribution in [1.82, 2.24) is 4.90 Å². The van der Waals surface area contributed by atoms with E-state index in [0.717, 1.165) is 25.6 Å². The van der Waals surface area contributed by atoms with Crippen LogP contribution >= 0.6 is 0 Å². The average molecular weight is 307 g/mol. The summed E-state index contributed by atoms with van der Waals surface area (Å²) in [5.41, 5.74) is 5.27. The van der Waals surface area contributed by atoms with Gasteiger partial charge >= 0.3 is 0 Å². The Labute approximate surface area is 141 Å². The maximum absolute atomic E-state index is 4.30. The third kappa shape index (κ3) is 4.23. The van der Waals surface area contributed by atoms with Gasteiger partial charge < -0.3 is 0 Å². The first-order valence-corrected chi connectivity index (χ1v) is 9.10. The number of benzene rings is 1. The molecule has 0 spiro atoms. The first-order valence-electron chi connectivity index (χ1n) is 9.10. The molecule has 2 aliphatic rings. The van der Waals surface area contributed by atoms with Gasteiger partial charge in [0, 0.05) is 19.1 Å². The lowest BCUT2D eigenvalue weighted by Crippen LogP contribution is -2.38. The zero-order valence-electron chi connectivity index (χ0n) is 14.4. The summed E-state index contributed by atoms with van der Waals surface area (Å²) in [6.45, 7) is 8.67. The van der Waals surface area contributed by atoms with Gasteiger partial charge in [0.15, 0.2) is 0 Å². The molecule has 1 fully saturated rings. The van der Waals surface area contributed by atoms with Gasteiger partial charge in [-0.3, -0.25) is 4.90 Å². The molecule has 122 valence electrons. The van der Waals surface area contributed by atoms with E-state index in [9.17, 15) is 0 Å². The Kier molecular flexibility index (Phi) is 5.51. The summed E-state index contributed by atoms with van der Waals surface area (Å²) >= 11 is 0. The monoisotopic (exact) mass is 307 g/mol. The Bertz CT molecular complexity index is 602. The highest BCUT2D eigenvalue weighted by Gasteiger charge is 2.21. The van der Waals surface area contributed by atoms with Crippen LogP contribution in [0.1, 0.15) is 49.7 Å². The van der Waals surface area contributed by atoms with E-state index >= 15 is 0 Å². The van der Waals surface area contributed by atoms with Crippen LogP contribution in [0.5, 0.6) is 0 Å². The number of rotatable bonds is 2. The molecule has 0 N–H and O–H groups in total. The highest BCUT2D eigenvalue weighted by Crippen LogP contribution is 2.26. The molecule has 0 amide bonds. The Morgan fingerprint density at radius 1 is 1.04 bits per heavy atom. The molecule has 23 heavy (non-hydrogen) atoms. The number of aryl methyl sites for hydroxylation is 1. The molecule has 0 atom stereocenters. The Balaban J connectivity index is 1.78. The Hall–Kier alpha value is -1.60. The fourth-order valence-electron chi connectivity index (χ4n) is 3.91. The van der Waals surface area contributed by atoms with Crippen LogP contribution in [0.4, 0.5) is 0 Å². The van der Waals surface area contributed by atoms with Crippen molar-refractivity contribution in [2.75, 3.05) is 13.1 Å². The second-order valence-corrected chi connectivity index (χ2v) is 7.02. The van der Waals surface area contributed by atoms with Crippen LogP contribution in [-0.4, -0.2) is 24.0 Å². The number of allylic oxidation sites excluding steroid dienone is 2. The summed E-state index contributed by atoms with van der Waals surface area (Å²) in [7, 11) is 0. The van der Waals surface area contributed by atoms with E-state index in [-0.39, 0.29) is 0 Å². The largest absolute Gasteiger partial charge is 0.296 e. The van der Waals surface area contributed by atoms with Crippen LogP contribution in [0.15, 0.2) is 54.6 Å². The molecule has 0 aromatic heterocycles. The fourth-order valence-corrected chi connectivity index (χ4v) is 3.91. The second kappa shape index (κ2) is 7.79. The van der Waals surface area contributed by atoms with E-state index in [1.807, 2.05) is 0 Å². The highest BCUT2D eigenvalue weighted by atomic mass is 15.1. The summed E-state index contributed by atoms with van der Waals surface area (Å²) in [5.74, 6) is 0. The first kappa shape index (κ1) is 16.3. The van der Waals surface area contributed by atoms with Crippen LogP contribution in [0.25, 0.3) is 5.57 Å². The molecule has 1 heterocycles. The zero-order chi connectivity index (χ0) is 16.1. The fraction of sp³-hybridized carbons (Fsp3) is 0.455. The predicted molar refractivity (Wildman–Crippen MR) is 100 cm³/mol. The molecular formula is C22H29N. The van der Waals surface area contributed by atoms with Crippen molar-refractivity contribution in [3.63, 3.8) is 0 Å². The first-order chi connectivity index (χ1) is 11.2. The molecular weight excluding hydrogens is 278 g/mol. The van der Waals surface area contributed by atoms with Gasteiger partial charge in [-0.2, -0.15) is 0 Å². The van der Waals surface area contributed by atoms with Crippen molar-refractivity contribution in [2.24, 2.45) is 0 Å². The predicted octanol–water partition coefficient (Wildman–Crippen LogP) is 5.53. The molecule has 0 radical (unpaired) electrons. The molecule has 1 aliphatic heterocycles.